The van der Waals surface area contributed by atoms with Gasteiger partial charge in [0, 0.05) is 24.4 Å². The number of nitrogens with one attached hydrogen (secondary N) is 1. The van der Waals surface area contributed by atoms with Crippen LogP contribution in [-0.2, 0) is 4.79 Å². The van der Waals surface area contributed by atoms with Gasteiger partial charge in [-0.2, -0.15) is 0 Å². The van der Waals surface area contributed by atoms with Gasteiger partial charge in [-0.3, -0.25) is 9.36 Å². The zero-order valence-corrected chi connectivity index (χ0v) is 11.8. The van der Waals surface area contributed by atoms with Crippen LogP contribution in [0.2, 0.25) is 0 Å². The molecule has 0 aliphatic heterocycles. The number of carbonyl (C=O) groups excluding carboxylic acids is 1. The summed E-state index contributed by atoms with van der Waals surface area (Å²) in [6.45, 7) is 0. The van der Waals surface area contributed by atoms with Crippen LogP contribution in [0, 0.1) is 5.92 Å². The standard InChI is InChI=1S/C15H19N5O/c16-12-3-1-11(2-4-12)15(21)19-13-5-6-14(18-9-13)20-8-7-17-10-20/h5-12H,1-4,16H2,(H,19,21). The number of amides is 1. The number of anilines is 1. The van der Waals surface area contributed by atoms with Crippen LogP contribution in [0.1, 0.15) is 25.7 Å². The van der Waals surface area contributed by atoms with Gasteiger partial charge in [0.15, 0.2) is 0 Å². The molecule has 0 spiro atoms. The molecule has 0 aromatic carbocycles. The summed E-state index contributed by atoms with van der Waals surface area (Å²) in [5.74, 6) is 0.909. The first-order chi connectivity index (χ1) is 10.2. The molecule has 2 aromatic rings. The molecule has 2 aromatic heterocycles. The van der Waals surface area contributed by atoms with Gasteiger partial charge in [-0.15, -0.1) is 0 Å². The van der Waals surface area contributed by atoms with Gasteiger partial charge in [0.1, 0.15) is 12.1 Å². The van der Waals surface area contributed by atoms with Crippen LogP contribution in [0.15, 0.2) is 37.1 Å². The van der Waals surface area contributed by atoms with Crippen molar-refractivity contribution < 1.29 is 4.79 Å². The highest BCUT2D eigenvalue weighted by Gasteiger charge is 2.24. The number of imidazole rings is 1. The number of aromatic nitrogens is 3. The van der Waals surface area contributed by atoms with Crippen molar-refractivity contribution in [1.29, 1.82) is 0 Å². The first-order valence-electron chi connectivity index (χ1n) is 7.23. The Morgan fingerprint density at radius 2 is 2.10 bits per heavy atom. The minimum atomic E-state index is 0.0677. The molecule has 1 aliphatic rings. The van der Waals surface area contributed by atoms with E-state index >= 15 is 0 Å². The Bertz CT molecular complexity index is 585. The number of nitrogens with zero attached hydrogens (tertiary/aromatic N) is 3. The van der Waals surface area contributed by atoms with Gasteiger partial charge < -0.3 is 11.1 Å². The average Bonchev–Trinajstić information content (AvgIpc) is 3.03. The molecule has 6 heteroatoms. The largest absolute Gasteiger partial charge is 0.328 e. The van der Waals surface area contributed by atoms with Crippen LogP contribution in [0.5, 0.6) is 0 Å². The number of nitrogens with two attached hydrogens (primary N) is 1. The minimum Gasteiger partial charge on any atom is -0.328 e. The molecule has 1 fully saturated rings. The smallest absolute Gasteiger partial charge is 0.227 e. The van der Waals surface area contributed by atoms with Crippen molar-refractivity contribution in [3.05, 3.63) is 37.1 Å². The van der Waals surface area contributed by atoms with Crippen LogP contribution in [0.4, 0.5) is 5.69 Å². The molecule has 1 aliphatic carbocycles. The average molecular weight is 285 g/mol. The number of hydrogen-bond acceptors (Lipinski definition) is 4. The number of rotatable bonds is 3. The lowest BCUT2D eigenvalue weighted by atomic mass is 9.86. The maximum atomic E-state index is 12.2. The molecule has 1 amide bonds. The summed E-state index contributed by atoms with van der Waals surface area (Å²) in [6, 6.07) is 3.97. The Hall–Kier alpha value is -2.21. The maximum Gasteiger partial charge on any atom is 0.227 e. The van der Waals surface area contributed by atoms with Gasteiger partial charge in [-0.25, -0.2) is 9.97 Å². The highest BCUT2D eigenvalue weighted by molar-refractivity contribution is 5.92. The van der Waals surface area contributed by atoms with Crippen molar-refractivity contribution in [1.82, 2.24) is 14.5 Å². The molecule has 0 bridgehead atoms. The predicted molar refractivity (Wildman–Crippen MR) is 79.9 cm³/mol. The fraction of sp³-hybridized carbons (Fsp3) is 0.400. The second-order valence-electron chi connectivity index (χ2n) is 5.48. The summed E-state index contributed by atoms with van der Waals surface area (Å²) >= 11 is 0. The molecule has 21 heavy (non-hydrogen) atoms. The van der Waals surface area contributed by atoms with E-state index in [1.54, 1.807) is 18.7 Å². The van der Waals surface area contributed by atoms with E-state index in [1.165, 1.54) is 0 Å². The molecule has 0 saturated heterocycles. The molecule has 1 saturated carbocycles. The molecule has 3 rings (SSSR count). The Labute approximate surface area is 123 Å². The van der Waals surface area contributed by atoms with E-state index in [1.807, 2.05) is 22.9 Å². The normalized spacial score (nSPS) is 22.0. The fourth-order valence-corrected chi connectivity index (χ4v) is 2.63. The molecule has 6 nitrogen and oxygen atoms in total. The van der Waals surface area contributed by atoms with Crippen LogP contribution < -0.4 is 11.1 Å². The second-order valence-corrected chi connectivity index (χ2v) is 5.48. The monoisotopic (exact) mass is 285 g/mol. The molecular weight excluding hydrogens is 266 g/mol. The Morgan fingerprint density at radius 1 is 1.29 bits per heavy atom. The number of carbonyl (C=O) groups is 1. The Balaban J connectivity index is 1.61. The third kappa shape index (κ3) is 3.28. The molecule has 2 heterocycles. The van der Waals surface area contributed by atoms with Crippen molar-refractivity contribution >= 4 is 11.6 Å². The summed E-state index contributed by atoms with van der Waals surface area (Å²) in [4.78, 5) is 20.5. The van der Waals surface area contributed by atoms with Crippen LogP contribution in [-0.4, -0.2) is 26.5 Å². The van der Waals surface area contributed by atoms with Crippen LogP contribution in [0.3, 0.4) is 0 Å². The third-order valence-corrected chi connectivity index (χ3v) is 3.93. The summed E-state index contributed by atoms with van der Waals surface area (Å²) < 4.78 is 1.81. The predicted octanol–water partition coefficient (Wildman–Crippen LogP) is 1.72. The second kappa shape index (κ2) is 6.05. The zero-order chi connectivity index (χ0) is 14.7. The van der Waals surface area contributed by atoms with E-state index < -0.39 is 0 Å². The molecule has 0 atom stereocenters. The van der Waals surface area contributed by atoms with Gasteiger partial charge in [-0.05, 0) is 37.8 Å². The molecule has 3 N–H and O–H groups in total. The number of hydrogen-bond donors (Lipinski definition) is 2. The van der Waals surface area contributed by atoms with Crippen molar-refractivity contribution in [2.45, 2.75) is 31.7 Å². The van der Waals surface area contributed by atoms with E-state index in [2.05, 4.69) is 15.3 Å². The van der Waals surface area contributed by atoms with Crippen molar-refractivity contribution in [3.63, 3.8) is 0 Å². The van der Waals surface area contributed by atoms with Crippen molar-refractivity contribution in [2.24, 2.45) is 11.7 Å². The van der Waals surface area contributed by atoms with E-state index in [4.69, 9.17) is 5.73 Å². The van der Waals surface area contributed by atoms with E-state index in [0.717, 1.165) is 37.2 Å². The van der Waals surface area contributed by atoms with Gasteiger partial charge in [-0.1, -0.05) is 0 Å². The SMILES string of the molecule is NC1CCC(C(=O)Nc2ccc(-n3ccnc3)nc2)CC1. The molecule has 110 valence electrons. The quantitative estimate of drug-likeness (QED) is 0.899. The summed E-state index contributed by atoms with van der Waals surface area (Å²) in [5.41, 5.74) is 6.58. The maximum absolute atomic E-state index is 12.2. The van der Waals surface area contributed by atoms with E-state index in [0.29, 0.717) is 0 Å². The highest BCUT2D eigenvalue weighted by Crippen LogP contribution is 2.24. The van der Waals surface area contributed by atoms with Gasteiger partial charge in [0.2, 0.25) is 5.91 Å². The van der Waals surface area contributed by atoms with Crippen LogP contribution >= 0.6 is 0 Å². The van der Waals surface area contributed by atoms with E-state index in [9.17, 15) is 4.79 Å². The lowest BCUT2D eigenvalue weighted by Gasteiger charge is -2.25. The van der Waals surface area contributed by atoms with Gasteiger partial charge >= 0.3 is 0 Å². The lowest BCUT2D eigenvalue weighted by molar-refractivity contribution is -0.120. The van der Waals surface area contributed by atoms with Crippen LogP contribution in [0.25, 0.3) is 5.82 Å². The summed E-state index contributed by atoms with van der Waals surface area (Å²) in [6.07, 6.45) is 10.5. The summed E-state index contributed by atoms with van der Waals surface area (Å²) in [7, 11) is 0. The van der Waals surface area contributed by atoms with Gasteiger partial charge in [0.05, 0.1) is 11.9 Å². The fourth-order valence-electron chi connectivity index (χ4n) is 2.63. The van der Waals surface area contributed by atoms with Gasteiger partial charge in [0.25, 0.3) is 0 Å². The van der Waals surface area contributed by atoms with E-state index in [-0.39, 0.29) is 17.9 Å². The third-order valence-electron chi connectivity index (χ3n) is 3.93. The zero-order valence-electron chi connectivity index (χ0n) is 11.8. The minimum absolute atomic E-state index is 0.0677. The Morgan fingerprint density at radius 3 is 2.71 bits per heavy atom. The molecule has 0 radical (unpaired) electrons. The number of pyridine rings is 1. The topological polar surface area (TPSA) is 85.8 Å². The molecule has 0 unspecified atom stereocenters. The first-order valence-corrected chi connectivity index (χ1v) is 7.23. The molecular formula is C15H19N5O. The highest BCUT2D eigenvalue weighted by atomic mass is 16.1. The first kappa shape index (κ1) is 13.8. The lowest BCUT2D eigenvalue weighted by Crippen LogP contribution is -2.32. The van der Waals surface area contributed by atoms with Crippen molar-refractivity contribution in [3.8, 4) is 5.82 Å². The Kier molecular flexibility index (Phi) is 3.96. The van der Waals surface area contributed by atoms with Crippen molar-refractivity contribution in [2.75, 3.05) is 5.32 Å². The summed E-state index contributed by atoms with van der Waals surface area (Å²) in [5, 5.41) is 2.93.